The van der Waals surface area contributed by atoms with E-state index in [1.54, 1.807) is 6.26 Å². The summed E-state index contributed by atoms with van der Waals surface area (Å²) in [5.41, 5.74) is 5.62. The lowest BCUT2D eigenvalue weighted by molar-refractivity contribution is -0.0222. The van der Waals surface area contributed by atoms with Crippen LogP contribution in [0.15, 0.2) is 22.8 Å². The van der Waals surface area contributed by atoms with Gasteiger partial charge in [-0.25, -0.2) is 0 Å². The number of ether oxygens (including phenoxy) is 2. The van der Waals surface area contributed by atoms with Crippen LogP contribution in [0.3, 0.4) is 0 Å². The van der Waals surface area contributed by atoms with Crippen molar-refractivity contribution >= 4 is 0 Å². The molecule has 2 N–H and O–H groups in total. The Hall–Kier alpha value is -0.840. The topological polar surface area (TPSA) is 57.6 Å². The highest BCUT2D eigenvalue weighted by atomic mass is 16.6. The van der Waals surface area contributed by atoms with Crippen LogP contribution in [-0.2, 0) is 9.47 Å². The van der Waals surface area contributed by atoms with Gasteiger partial charge in [-0.2, -0.15) is 0 Å². The first-order chi connectivity index (χ1) is 6.90. The van der Waals surface area contributed by atoms with E-state index in [0.717, 1.165) is 18.8 Å². The first-order valence-electron chi connectivity index (χ1n) is 4.87. The summed E-state index contributed by atoms with van der Waals surface area (Å²) in [7, 11) is 0. The highest BCUT2D eigenvalue weighted by molar-refractivity contribution is 5.02. The molecule has 2 rings (SSSR count). The lowest BCUT2D eigenvalue weighted by atomic mass is 10.2. The largest absolute Gasteiger partial charge is 0.467 e. The van der Waals surface area contributed by atoms with Gasteiger partial charge in [0.25, 0.3) is 0 Å². The van der Waals surface area contributed by atoms with E-state index in [2.05, 4.69) is 0 Å². The molecule has 1 aromatic rings. The molecule has 0 spiro atoms. The molecule has 14 heavy (non-hydrogen) atoms. The van der Waals surface area contributed by atoms with Crippen molar-refractivity contribution in [3.05, 3.63) is 24.2 Å². The third-order valence-corrected chi connectivity index (χ3v) is 2.32. The Balaban J connectivity index is 1.93. The predicted molar refractivity (Wildman–Crippen MR) is 50.8 cm³/mol. The lowest BCUT2D eigenvalue weighted by Crippen LogP contribution is -2.22. The molecule has 1 aliphatic rings. The second kappa shape index (κ2) is 4.59. The number of rotatable bonds is 4. The van der Waals surface area contributed by atoms with Crippen LogP contribution < -0.4 is 5.73 Å². The molecule has 4 heteroatoms. The second-order valence-electron chi connectivity index (χ2n) is 3.36. The van der Waals surface area contributed by atoms with Crippen LogP contribution in [0.25, 0.3) is 0 Å². The van der Waals surface area contributed by atoms with Gasteiger partial charge in [0.05, 0.1) is 19.0 Å². The fourth-order valence-corrected chi connectivity index (χ4v) is 1.57. The standard InChI is InChI=1S/C10H15NO3/c11-6-10(9-2-1-4-13-9)14-8-3-5-12-7-8/h1-2,4,8,10H,3,5-7,11H2. The first kappa shape index (κ1) is 9.71. The van der Waals surface area contributed by atoms with Gasteiger partial charge in [0, 0.05) is 13.2 Å². The number of furan rings is 1. The van der Waals surface area contributed by atoms with Gasteiger partial charge in [0.1, 0.15) is 11.9 Å². The molecule has 0 aromatic carbocycles. The van der Waals surface area contributed by atoms with Gasteiger partial charge < -0.3 is 19.6 Å². The van der Waals surface area contributed by atoms with Crippen molar-refractivity contribution in [3.63, 3.8) is 0 Å². The summed E-state index contributed by atoms with van der Waals surface area (Å²) in [5, 5.41) is 0. The molecule has 1 aromatic heterocycles. The molecule has 2 atom stereocenters. The average molecular weight is 197 g/mol. The number of hydrogen-bond donors (Lipinski definition) is 1. The van der Waals surface area contributed by atoms with Gasteiger partial charge in [-0.1, -0.05) is 0 Å². The molecule has 2 heterocycles. The summed E-state index contributed by atoms with van der Waals surface area (Å²) in [5.74, 6) is 0.791. The maximum Gasteiger partial charge on any atom is 0.133 e. The third kappa shape index (κ3) is 2.15. The molecule has 78 valence electrons. The highest BCUT2D eigenvalue weighted by Gasteiger charge is 2.22. The SMILES string of the molecule is NCC(OC1CCOC1)c1ccco1. The van der Waals surface area contributed by atoms with Crippen molar-refractivity contribution in [2.24, 2.45) is 5.73 Å². The molecule has 0 amide bonds. The molecule has 1 saturated heterocycles. The van der Waals surface area contributed by atoms with E-state index in [4.69, 9.17) is 19.6 Å². The zero-order chi connectivity index (χ0) is 9.80. The van der Waals surface area contributed by atoms with E-state index < -0.39 is 0 Å². The van der Waals surface area contributed by atoms with E-state index in [0.29, 0.717) is 13.2 Å². The Labute approximate surface area is 83.0 Å². The first-order valence-corrected chi connectivity index (χ1v) is 4.87. The van der Waals surface area contributed by atoms with Gasteiger partial charge in [-0.15, -0.1) is 0 Å². The van der Waals surface area contributed by atoms with Crippen LogP contribution in [0.2, 0.25) is 0 Å². The van der Waals surface area contributed by atoms with Crippen LogP contribution in [0, 0.1) is 0 Å². The summed E-state index contributed by atoms with van der Waals surface area (Å²) < 4.78 is 16.2. The van der Waals surface area contributed by atoms with Crippen molar-refractivity contribution in [1.82, 2.24) is 0 Å². The minimum atomic E-state index is -0.142. The molecule has 0 aliphatic carbocycles. The van der Waals surface area contributed by atoms with E-state index in [1.807, 2.05) is 12.1 Å². The molecule has 1 aliphatic heterocycles. The summed E-state index contributed by atoms with van der Waals surface area (Å²) in [6.07, 6.45) is 2.59. The van der Waals surface area contributed by atoms with Crippen molar-refractivity contribution in [3.8, 4) is 0 Å². The minimum Gasteiger partial charge on any atom is -0.467 e. The summed E-state index contributed by atoms with van der Waals surface area (Å²) in [6, 6.07) is 3.72. The van der Waals surface area contributed by atoms with Gasteiger partial charge in [-0.3, -0.25) is 0 Å². The van der Waals surface area contributed by atoms with Crippen molar-refractivity contribution in [2.45, 2.75) is 18.6 Å². The maximum atomic E-state index is 5.76. The summed E-state index contributed by atoms with van der Waals surface area (Å²) in [6.45, 7) is 1.88. The second-order valence-corrected chi connectivity index (χ2v) is 3.36. The molecule has 4 nitrogen and oxygen atoms in total. The lowest BCUT2D eigenvalue weighted by Gasteiger charge is -2.17. The maximum absolute atomic E-state index is 5.76. The van der Waals surface area contributed by atoms with Crippen LogP contribution >= 0.6 is 0 Å². The van der Waals surface area contributed by atoms with Gasteiger partial charge in [0.15, 0.2) is 0 Å². The molecule has 0 radical (unpaired) electrons. The molecule has 1 fully saturated rings. The quantitative estimate of drug-likeness (QED) is 0.784. The molecular weight excluding hydrogens is 182 g/mol. The zero-order valence-electron chi connectivity index (χ0n) is 8.02. The number of nitrogens with two attached hydrogens (primary N) is 1. The molecule has 2 unspecified atom stereocenters. The van der Waals surface area contributed by atoms with Crippen LogP contribution in [-0.4, -0.2) is 25.9 Å². The van der Waals surface area contributed by atoms with Crippen LogP contribution in [0.4, 0.5) is 0 Å². The number of hydrogen-bond acceptors (Lipinski definition) is 4. The normalized spacial score (nSPS) is 23.9. The van der Waals surface area contributed by atoms with E-state index >= 15 is 0 Å². The Morgan fingerprint density at radius 1 is 1.64 bits per heavy atom. The van der Waals surface area contributed by atoms with E-state index in [1.165, 1.54) is 0 Å². The Kier molecular flexibility index (Phi) is 3.18. The van der Waals surface area contributed by atoms with Crippen molar-refractivity contribution in [1.29, 1.82) is 0 Å². The average Bonchev–Trinajstić information content (AvgIpc) is 2.86. The van der Waals surface area contributed by atoms with E-state index in [9.17, 15) is 0 Å². The van der Waals surface area contributed by atoms with Crippen molar-refractivity contribution < 1.29 is 13.9 Å². The Morgan fingerprint density at radius 3 is 3.14 bits per heavy atom. The molecular formula is C10H15NO3. The van der Waals surface area contributed by atoms with Crippen molar-refractivity contribution in [2.75, 3.05) is 19.8 Å². The summed E-state index contributed by atoms with van der Waals surface area (Å²) in [4.78, 5) is 0. The minimum absolute atomic E-state index is 0.142. The van der Waals surface area contributed by atoms with Gasteiger partial charge >= 0.3 is 0 Å². The van der Waals surface area contributed by atoms with Gasteiger partial charge in [0.2, 0.25) is 0 Å². The summed E-state index contributed by atoms with van der Waals surface area (Å²) >= 11 is 0. The monoisotopic (exact) mass is 197 g/mol. The fraction of sp³-hybridized carbons (Fsp3) is 0.600. The fourth-order valence-electron chi connectivity index (χ4n) is 1.57. The van der Waals surface area contributed by atoms with Crippen LogP contribution in [0.5, 0.6) is 0 Å². The zero-order valence-corrected chi connectivity index (χ0v) is 8.02. The molecule has 0 saturated carbocycles. The Morgan fingerprint density at radius 2 is 2.57 bits per heavy atom. The third-order valence-electron chi connectivity index (χ3n) is 2.32. The highest BCUT2D eigenvalue weighted by Crippen LogP contribution is 2.21. The molecule has 0 bridgehead atoms. The van der Waals surface area contributed by atoms with Crippen LogP contribution in [0.1, 0.15) is 18.3 Å². The smallest absolute Gasteiger partial charge is 0.133 e. The van der Waals surface area contributed by atoms with Gasteiger partial charge in [-0.05, 0) is 18.6 Å². The Bertz CT molecular complexity index is 254. The predicted octanol–water partition coefficient (Wildman–Crippen LogP) is 1.08. The van der Waals surface area contributed by atoms with E-state index in [-0.39, 0.29) is 12.2 Å².